The molecule has 2 aromatic rings. The van der Waals surface area contributed by atoms with Crippen molar-refractivity contribution >= 4 is 51.3 Å². The summed E-state index contributed by atoms with van der Waals surface area (Å²) in [5, 5.41) is 12.0. The molecule has 6 nitrogen and oxygen atoms in total. The van der Waals surface area contributed by atoms with Gasteiger partial charge >= 0.3 is 0 Å². The topological polar surface area (TPSA) is 96.6 Å². The molecule has 1 saturated heterocycles. The maximum absolute atomic E-state index is 12.8. The molecule has 1 amide bonds. The first-order valence-electron chi connectivity index (χ1n) is 8.07. The van der Waals surface area contributed by atoms with Crippen LogP contribution in [-0.4, -0.2) is 27.3 Å². The molecule has 1 heterocycles. The Balaban J connectivity index is 1.95. The molecule has 0 aromatic heterocycles. The van der Waals surface area contributed by atoms with Crippen molar-refractivity contribution in [3.8, 4) is 6.07 Å². The molecular weight excluding hydrogens is 409 g/mol. The average molecular weight is 426 g/mol. The Morgan fingerprint density at radius 3 is 2.63 bits per heavy atom. The number of carbonyl (C=O) groups is 1. The lowest BCUT2D eigenvalue weighted by molar-refractivity contribution is 0.102. The number of carbonyl (C=O) groups excluding carboxylic acids is 1. The summed E-state index contributed by atoms with van der Waals surface area (Å²) in [6, 6.07) is 10.0. The summed E-state index contributed by atoms with van der Waals surface area (Å²) in [7, 11) is -2.92. The number of rotatable bonds is 3. The van der Waals surface area contributed by atoms with Crippen LogP contribution < -0.4 is 9.62 Å². The number of halogens is 2. The van der Waals surface area contributed by atoms with Gasteiger partial charge in [-0.15, -0.1) is 10.8 Å². The van der Waals surface area contributed by atoms with Gasteiger partial charge in [-0.3, -0.25) is 18.2 Å². The van der Waals surface area contributed by atoms with Gasteiger partial charge in [0.15, 0.2) is 0 Å². The predicted octanol–water partition coefficient (Wildman–Crippen LogP) is 5.30. The SMILES string of the molecule is Cc1cc(C#N)cc(NC(=O)c2cc(N3CCCS3(O)O)cc(Cl)c2Cl)c1. The van der Waals surface area contributed by atoms with E-state index in [0.717, 1.165) is 5.56 Å². The minimum Gasteiger partial charge on any atom is -0.322 e. The number of hydrogen-bond donors (Lipinski definition) is 3. The Bertz CT molecular complexity index is 960. The van der Waals surface area contributed by atoms with E-state index in [1.54, 1.807) is 18.2 Å². The summed E-state index contributed by atoms with van der Waals surface area (Å²) >= 11 is 12.4. The number of aryl methyl sites for hydroxylation is 1. The Hall–Kier alpha value is -1.95. The van der Waals surface area contributed by atoms with Gasteiger partial charge < -0.3 is 5.32 Å². The Kier molecular flexibility index (Phi) is 5.56. The van der Waals surface area contributed by atoms with Gasteiger partial charge in [-0.1, -0.05) is 23.2 Å². The molecule has 0 radical (unpaired) electrons. The first-order chi connectivity index (χ1) is 12.7. The monoisotopic (exact) mass is 425 g/mol. The normalized spacial score (nSPS) is 16.7. The highest BCUT2D eigenvalue weighted by atomic mass is 35.5. The Labute approximate surface area is 168 Å². The van der Waals surface area contributed by atoms with Crippen LogP contribution in [0.15, 0.2) is 30.3 Å². The number of anilines is 2. The number of amides is 1. The molecule has 1 aliphatic rings. The molecule has 1 aliphatic heterocycles. The maximum Gasteiger partial charge on any atom is 0.257 e. The maximum atomic E-state index is 12.8. The van der Waals surface area contributed by atoms with Crippen molar-refractivity contribution in [3.63, 3.8) is 0 Å². The van der Waals surface area contributed by atoms with Crippen LogP contribution in [0.2, 0.25) is 10.0 Å². The lowest BCUT2D eigenvalue weighted by Crippen LogP contribution is -2.22. The van der Waals surface area contributed by atoms with Crippen LogP contribution in [0.3, 0.4) is 0 Å². The van der Waals surface area contributed by atoms with Crippen LogP contribution in [0, 0.1) is 18.3 Å². The summed E-state index contributed by atoms with van der Waals surface area (Å²) in [4.78, 5) is 12.8. The molecule has 0 bridgehead atoms. The third-order valence-electron chi connectivity index (χ3n) is 4.14. The van der Waals surface area contributed by atoms with Crippen molar-refractivity contribution in [1.82, 2.24) is 0 Å². The highest BCUT2D eigenvalue weighted by Crippen LogP contribution is 2.51. The van der Waals surface area contributed by atoms with Gasteiger partial charge in [0.1, 0.15) is 0 Å². The first kappa shape index (κ1) is 19.8. The van der Waals surface area contributed by atoms with Crippen molar-refractivity contribution in [2.24, 2.45) is 0 Å². The van der Waals surface area contributed by atoms with Crippen LogP contribution in [0.5, 0.6) is 0 Å². The van der Waals surface area contributed by atoms with Crippen LogP contribution in [0.1, 0.15) is 27.9 Å². The third-order valence-corrected chi connectivity index (χ3v) is 6.88. The van der Waals surface area contributed by atoms with Crippen molar-refractivity contribution < 1.29 is 13.9 Å². The summed E-state index contributed by atoms with van der Waals surface area (Å²) in [6.07, 6.45) is 0.629. The molecule has 0 spiro atoms. The number of nitrogens with zero attached hydrogens (tertiary/aromatic N) is 2. The zero-order valence-corrected chi connectivity index (χ0v) is 16.7. The Morgan fingerprint density at radius 2 is 2.00 bits per heavy atom. The van der Waals surface area contributed by atoms with Gasteiger partial charge in [0.2, 0.25) is 0 Å². The number of hydrogen-bond acceptors (Lipinski definition) is 5. The zero-order chi connectivity index (χ0) is 19.8. The third kappa shape index (κ3) is 4.15. The fourth-order valence-corrected chi connectivity index (χ4v) is 4.97. The highest BCUT2D eigenvalue weighted by molar-refractivity contribution is 8.25. The minimum atomic E-state index is -2.92. The van der Waals surface area contributed by atoms with E-state index >= 15 is 0 Å². The quantitative estimate of drug-likeness (QED) is 0.619. The van der Waals surface area contributed by atoms with E-state index in [-0.39, 0.29) is 21.4 Å². The molecule has 1 fully saturated rings. The lowest BCUT2D eigenvalue weighted by atomic mass is 10.1. The average Bonchev–Trinajstić information content (AvgIpc) is 2.95. The second kappa shape index (κ2) is 7.58. The van der Waals surface area contributed by atoms with Gasteiger partial charge in [0.05, 0.1) is 38.7 Å². The van der Waals surface area contributed by atoms with E-state index in [1.807, 2.05) is 13.0 Å². The standard InChI is InChI=1S/C18H17Cl2N3O3S/c1-11-5-12(10-21)7-13(6-11)22-18(24)15-8-14(9-16(19)17(15)20)23-3-2-4-27(23,25)26/h5-9,25-26H,2-4H2,1H3,(H,22,24). The molecule has 9 heteroatoms. The molecule has 0 unspecified atom stereocenters. The molecule has 142 valence electrons. The van der Waals surface area contributed by atoms with Crippen LogP contribution in [0.4, 0.5) is 11.4 Å². The second-order valence-corrected chi connectivity index (χ2v) is 9.13. The van der Waals surface area contributed by atoms with Crippen molar-refractivity contribution in [1.29, 1.82) is 5.26 Å². The smallest absolute Gasteiger partial charge is 0.257 e. The number of nitrogens with one attached hydrogen (secondary N) is 1. The van der Waals surface area contributed by atoms with E-state index in [0.29, 0.717) is 29.9 Å². The largest absolute Gasteiger partial charge is 0.322 e. The van der Waals surface area contributed by atoms with Gasteiger partial charge in [-0.05, 0) is 49.2 Å². The second-order valence-electron chi connectivity index (χ2n) is 6.23. The van der Waals surface area contributed by atoms with E-state index < -0.39 is 16.7 Å². The molecule has 3 N–H and O–H groups in total. The van der Waals surface area contributed by atoms with Gasteiger partial charge in [0.25, 0.3) is 5.91 Å². The van der Waals surface area contributed by atoms with E-state index in [2.05, 4.69) is 5.32 Å². The minimum absolute atomic E-state index is 0.0711. The highest BCUT2D eigenvalue weighted by Gasteiger charge is 2.30. The fourth-order valence-electron chi connectivity index (χ4n) is 2.96. The first-order valence-corrected chi connectivity index (χ1v) is 10.5. The number of benzene rings is 2. The van der Waals surface area contributed by atoms with Crippen LogP contribution >= 0.6 is 34.0 Å². The van der Waals surface area contributed by atoms with Gasteiger partial charge in [0, 0.05) is 12.2 Å². The van der Waals surface area contributed by atoms with Crippen LogP contribution in [0.25, 0.3) is 0 Å². The lowest BCUT2D eigenvalue weighted by Gasteiger charge is -2.38. The molecule has 3 rings (SSSR count). The summed E-state index contributed by atoms with van der Waals surface area (Å²) in [5.41, 5.74) is 2.25. The molecule has 0 atom stereocenters. The summed E-state index contributed by atoms with van der Waals surface area (Å²) < 4.78 is 21.8. The van der Waals surface area contributed by atoms with Crippen LogP contribution in [-0.2, 0) is 0 Å². The van der Waals surface area contributed by atoms with Crippen molar-refractivity contribution in [2.45, 2.75) is 13.3 Å². The van der Waals surface area contributed by atoms with Crippen molar-refractivity contribution in [3.05, 3.63) is 57.1 Å². The van der Waals surface area contributed by atoms with E-state index in [4.69, 9.17) is 28.5 Å². The fraction of sp³-hybridized carbons (Fsp3) is 0.222. The van der Waals surface area contributed by atoms with Crippen molar-refractivity contribution in [2.75, 3.05) is 21.9 Å². The Morgan fingerprint density at radius 1 is 1.26 bits per heavy atom. The number of nitriles is 1. The molecule has 2 aromatic carbocycles. The zero-order valence-electron chi connectivity index (χ0n) is 14.4. The summed E-state index contributed by atoms with van der Waals surface area (Å²) in [5.74, 6) is -0.233. The summed E-state index contributed by atoms with van der Waals surface area (Å²) in [6.45, 7) is 2.27. The van der Waals surface area contributed by atoms with Gasteiger partial charge in [-0.25, -0.2) is 0 Å². The molecule has 0 saturated carbocycles. The molecule has 0 aliphatic carbocycles. The van der Waals surface area contributed by atoms with E-state index in [9.17, 15) is 13.9 Å². The molecular formula is C18H17Cl2N3O3S. The van der Waals surface area contributed by atoms with E-state index in [1.165, 1.54) is 16.4 Å². The molecule has 27 heavy (non-hydrogen) atoms. The predicted molar refractivity (Wildman–Crippen MR) is 110 cm³/mol. The van der Waals surface area contributed by atoms with Gasteiger partial charge in [-0.2, -0.15) is 5.26 Å².